The van der Waals surface area contributed by atoms with Gasteiger partial charge >= 0.3 is 0 Å². The summed E-state index contributed by atoms with van der Waals surface area (Å²) in [6, 6.07) is 10.9. The normalized spacial score (nSPS) is 10.4. The predicted octanol–water partition coefficient (Wildman–Crippen LogP) is 5.57. The van der Waals surface area contributed by atoms with Gasteiger partial charge in [0.25, 0.3) is 0 Å². The van der Waals surface area contributed by atoms with E-state index in [-0.39, 0.29) is 5.82 Å². The first kappa shape index (κ1) is 14.3. The van der Waals surface area contributed by atoms with Crippen LogP contribution in [0, 0.1) is 9.39 Å². The Morgan fingerprint density at radius 1 is 1.06 bits per heavy atom. The van der Waals surface area contributed by atoms with Crippen LogP contribution in [-0.4, -0.2) is 0 Å². The minimum Gasteiger partial charge on any atom is -0.380 e. The Bertz CT molecular complexity index is 555. The number of hydrogen-bond acceptors (Lipinski definition) is 1. The first-order chi connectivity index (χ1) is 8.54. The van der Waals surface area contributed by atoms with Crippen LogP contribution in [0.2, 0.25) is 0 Å². The smallest absolute Gasteiger partial charge is 0.124 e. The summed E-state index contributed by atoms with van der Waals surface area (Å²) in [5.41, 5.74) is 1.93. The molecule has 0 spiro atoms. The Morgan fingerprint density at radius 2 is 1.83 bits per heavy atom. The van der Waals surface area contributed by atoms with Crippen molar-refractivity contribution in [2.75, 3.05) is 5.32 Å². The van der Waals surface area contributed by atoms with E-state index >= 15 is 0 Å². The molecule has 0 bridgehead atoms. The molecular weight excluding hydrogens is 476 g/mol. The molecule has 0 radical (unpaired) electrons. The molecule has 0 aromatic heterocycles. The summed E-state index contributed by atoms with van der Waals surface area (Å²) >= 11 is 8.99. The number of hydrogen-bond donors (Lipinski definition) is 1. The highest BCUT2D eigenvalue weighted by atomic mass is 127. The Morgan fingerprint density at radius 3 is 2.56 bits per heavy atom. The lowest BCUT2D eigenvalue weighted by molar-refractivity contribution is 0.625. The van der Waals surface area contributed by atoms with Crippen LogP contribution in [0.25, 0.3) is 0 Å². The van der Waals surface area contributed by atoms with E-state index in [0.29, 0.717) is 6.54 Å². The molecule has 1 N–H and O–H groups in total. The molecule has 0 unspecified atom stereocenters. The largest absolute Gasteiger partial charge is 0.380 e. The van der Waals surface area contributed by atoms with E-state index in [4.69, 9.17) is 0 Å². The maximum Gasteiger partial charge on any atom is 0.124 e. The monoisotopic (exact) mass is 483 g/mol. The summed E-state index contributed by atoms with van der Waals surface area (Å²) in [6.07, 6.45) is 0. The highest BCUT2D eigenvalue weighted by Gasteiger charge is 2.02. The molecule has 0 saturated carbocycles. The molecule has 0 fully saturated rings. The maximum absolute atomic E-state index is 13.2. The minimum absolute atomic E-state index is 0.231. The number of benzene rings is 2. The number of nitrogens with one attached hydrogen (secondary N) is 1. The molecule has 2 aromatic rings. The second-order valence-corrected chi connectivity index (χ2v) is 6.75. The molecule has 5 heteroatoms. The van der Waals surface area contributed by atoms with Crippen LogP contribution in [-0.2, 0) is 6.54 Å². The van der Waals surface area contributed by atoms with Gasteiger partial charge in [-0.05, 0) is 64.6 Å². The van der Waals surface area contributed by atoms with Crippen molar-refractivity contribution in [3.05, 3.63) is 60.3 Å². The first-order valence-electron chi connectivity index (χ1n) is 5.18. The lowest BCUT2D eigenvalue weighted by atomic mass is 10.2. The summed E-state index contributed by atoms with van der Waals surface area (Å²) in [7, 11) is 0. The third-order valence-electron chi connectivity index (χ3n) is 2.33. The van der Waals surface area contributed by atoms with Crippen molar-refractivity contribution in [1.29, 1.82) is 0 Å². The van der Waals surface area contributed by atoms with Gasteiger partial charge < -0.3 is 5.32 Å². The summed E-state index contributed by atoms with van der Waals surface area (Å²) in [5.74, 6) is -0.231. The number of anilines is 1. The first-order valence-corrected chi connectivity index (χ1v) is 7.85. The van der Waals surface area contributed by atoms with Gasteiger partial charge in [-0.1, -0.05) is 31.9 Å². The fraction of sp³-hybridized carbons (Fsp3) is 0.0769. The van der Waals surface area contributed by atoms with Crippen molar-refractivity contribution in [2.45, 2.75) is 6.54 Å². The third kappa shape index (κ3) is 3.93. The van der Waals surface area contributed by atoms with Crippen molar-refractivity contribution in [1.82, 2.24) is 0 Å². The van der Waals surface area contributed by atoms with Crippen LogP contribution in [0.1, 0.15) is 5.56 Å². The van der Waals surface area contributed by atoms with Crippen molar-refractivity contribution < 1.29 is 4.39 Å². The maximum atomic E-state index is 13.2. The van der Waals surface area contributed by atoms with Crippen molar-refractivity contribution in [3.63, 3.8) is 0 Å². The van der Waals surface area contributed by atoms with Gasteiger partial charge in [0.1, 0.15) is 5.82 Å². The van der Waals surface area contributed by atoms with E-state index in [0.717, 1.165) is 23.8 Å². The van der Waals surface area contributed by atoms with Gasteiger partial charge in [-0.15, -0.1) is 0 Å². The highest BCUT2D eigenvalue weighted by Crippen LogP contribution is 2.24. The minimum atomic E-state index is -0.231. The van der Waals surface area contributed by atoms with E-state index in [1.807, 2.05) is 24.3 Å². The van der Waals surface area contributed by atoms with E-state index in [1.165, 1.54) is 12.1 Å². The fourth-order valence-corrected chi connectivity index (χ4v) is 2.94. The molecule has 0 atom stereocenters. The summed E-state index contributed by atoms with van der Waals surface area (Å²) < 4.78 is 16.1. The van der Waals surface area contributed by atoms with Crippen molar-refractivity contribution in [2.24, 2.45) is 0 Å². The van der Waals surface area contributed by atoms with Gasteiger partial charge in [-0.25, -0.2) is 4.39 Å². The van der Waals surface area contributed by atoms with Gasteiger partial charge in [0.15, 0.2) is 0 Å². The summed E-state index contributed by atoms with van der Waals surface area (Å²) in [6.45, 7) is 0.586. The molecule has 0 heterocycles. The highest BCUT2D eigenvalue weighted by molar-refractivity contribution is 14.1. The molecule has 94 valence electrons. The second kappa shape index (κ2) is 6.34. The Balaban J connectivity index is 2.13. The number of halogens is 4. The molecule has 2 aromatic carbocycles. The molecule has 2 rings (SSSR count). The number of rotatable bonds is 3. The van der Waals surface area contributed by atoms with Gasteiger partial charge in [0.2, 0.25) is 0 Å². The van der Waals surface area contributed by atoms with Crippen molar-refractivity contribution >= 4 is 60.1 Å². The standard InChI is InChI=1S/C13H9Br2FIN/c14-9-1-2-12(17)13(6-9)18-7-8-3-10(15)5-11(16)4-8/h1-6,18H,7H2. The van der Waals surface area contributed by atoms with E-state index in [2.05, 4.69) is 59.8 Å². The molecule has 0 aliphatic carbocycles. The molecule has 0 saturated heterocycles. The van der Waals surface area contributed by atoms with Crippen LogP contribution >= 0.6 is 54.5 Å². The topological polar surface area (TPSA) is 12.0 Å². The predicted molar refractivity (Wildman–Crippen MR) is 88.3 cm³/mol. The molecule has 0 amide bonds. The average Bonchev–Trinajstić information content (AvgIpc) is 2.29. The Hall–Kier alpha value is -0.140. The fourth-order valence-electron chi connectivity index (χ4n) is 1.54. The van der Waals surface area contributed by atoms with Crippen LogP contribution in [0.4, 0.5) is 10.1 Å². The quantitative estimate of drug-likeness (QED) is 0.562. The average molecular weight is 485 g/mol. The van der Waals surface area contributed by atoms with Crippen molar-refractivity contribution in [3.8, 4) is 0 Å². The van der Waals surface area contributed by atoms with Gasteiger partial charge in [-0.3, -0.25) is 0 Å². The Labute approximate surface area is 136 Å². The summed E-state index contributed by atoms with van der Waals surface area (Å²) in [4.78, 5) is 0. The summed E-state index contributed by atoms with van der Waals surface area (Å²) in [5, 5.41) is 3.30. The zero-order chi connectivity index (χ0) is 13.1. The van der Waals surface area contributed by atoms with E-state index < -0.39 is 0 Å². The van der Waals surface area contributed by atoms with Crippen LogP contribution < -0.4 is 5.32 Å². The van der Waals surface area contributed by atoms with Gasteiger partial charge in [0, 0.05) is 24.7 Å². The third-order valence-corrected chi connectivity index (χ3v) is 4.23. The lowest BCUT2D eigenvalue weighted by Gasteiger charge is -2.09. The zero-order valence-corrected chi connectivity index (χ0v) is 14.5. The van der Waals surface area contributed by atoms with Crippen LogP contribution in [0.15, 0.2) is 45.3 Å². The molecule has 0 aliphatic rings. The van der Waals surface area contributed by atoms with Gasteiger partial charge in [-0.2, -0.15) is 0 Å². The molecule has 0 aliphatic heterocycles. The molecule has 18 heavy (non-hydrogen) atoms. The zero-order valence-electron chi connectivity index (χ0n) is 9.18. The molecular formula is C13H9Br2FIN. The van der Waals surface area contributed by atoms with Crippen LogP contribution in [0.3, 0.4) is 0 Å². The van der Waals surface area contributed by atoms with Crippen LogP contribution in [0.5, 0.6) is 0 Å². The van der Waals surface area contributed by atoms with E-state index in [9.17, 15) is 4.39 Å². The lowest BCUT2D eigenvalue weighted by Crippen LogP contribution is -2.01. The SMILES string of the molecule is Fc1cc(Br)cc(CNc2cc(Br)ccc2I)c1. The second-order valence-electron chi connectivity index (χ2n) is 3.76. The van der Waals surface area contributed by atoms with Gasteiger partial charge in [0.05, 0.1) is 0 Å². The van der Waals surface area contributed by atoms with E-state index in [1.54, 1.807) is 0 Å². The molecule has 1 nitrogen and oxygen atoms in total. The Kier molecular flexibility index (Phi) is 5.03.